The van der Waals surface area contributed by atoms with Crippen LogP contribution >= 0.6 is 23.2 Å². The lowest BCUT2D eigenvalue weighted by atomic mass is 10.1. The van der Waals surface area contributed by atoms with E-state index in [4.69, 9.17) is 23.2 Å². The molecule has 1 N–H and O–H groups in total. The van der Waals surface area contributed by atoms with Gasteiger partial charge in [-0.05, 0) is 48.9 Å². The fourth-order valence-corrected chi connectivity index (χ4v) is 3.73. The van der Waals surface area contributed by atoms with Gasteiger partial charge < -0.3 is 4.57 Å². The van der Waals surface area contributed by atoms with Crippen LogP contribution in [0.2, 0.25) is 10.0 Å². The van der Waals surface area contributed by atoms with Crippen molar-refractivity contribution in [2.24, 2.45) is 5.10 Å². The quantitative estimate of drug-likeness (QED) is 0.312. The van der Waals surface area contributed by atoms with Gasteiger partial charge in [-0.15, -0.1) is 0 Å². The van der Waals surface area contributed by atoms with E-state index in [2.05, 4.69) is 15.1 Å². The average Bonchev–Trinajstić information content (AvgIpc) is 3.00. The number of aryl methyl sites for hydroxylation is 2. The van der Waals surface area contributed by atoms with Gasteiger partial charge in [-0.1, -0.05) is 53.0 Å². The number of hydrogen-bond acceptors (Lipinski definition) is 2. The highest BCUT2D eigenvalue weighted by atomic mass is 35.5. The minimum atomic E-state index is -0.147. The Morgan fingerprint density at radius 1 is 0.966 bits per heavy atom. The molecule has 1 amide bonds. The van der Waals surface area contributed by atoms with E-state index in [1.54, 1.807) is 6.21 Å². The van der Waals surface area contributed by atoms with Crippen LogP contribution in [0.4, 0.5) is 0 Å². The van der Waals surface area contributed by atoms with Crippen molar-refractivity contribution in [3.63, 3.8) is 0 Å². The molecule has 1 aromatic heterocycles. The molecule has 4 rings (SSSR count). The predicted octanol–water partition coefficient (Wildman–Crippen LogP) is 5.95. The van der Waals surface area contributed by atoms with Crippen molar-refractivity contribution in [3.8, 4) is 0 Å². The number of hydrazone groups is 1. The summed E-state index contributed by atoms with van der Waals surface area (Å²) in [5.74, 6) is -0.147. The van der Waals surface area contributed by atoms with Crippen molar-refractivity contribution in [2.45, 2.75) is 19.9 Å². The van der Waals surface area contributed by atoms with Crippen LogP contribution in [0.1, 0.15) is 17.5 Å². The highest BCUT2D eigenvalue weighted by Crippen LogP contribution is 2.32. The minimum Gasteiger partial charge on any atom is -0.340 e. The van der Waals surface area contributed by atoms with Gasteiger partial charge in [0.2, 0.25) is 5.91 Å². The molecule has 0 spiro atoms. The normalized spacial score (nSPS) is 11.6. The Kier molecular flexibility index (Phi) is 5.56. The van der Waals surface area contributed by atoms with Gasteiger partial charge in [-0.25, -0.2) is 5.43 Å². The summed E-state index contributed by atoms with van der Waals surface area (Å²) in [5.41, 5.74) is 6.75. The Morgan fingerprint density at radius 2 is 1.55 bits per heavy atom. The smallest absolute Gasteiger partial charge is 0.241 e. The summed E-state index contributed by atoms with van der Waals surface area (Å²) in [6.07, 6.45) is 1.94. The van der Waals surface area contributed by atoms with Gasteiger partial charge in [0.25, 0.3) is 0 Å². The number of fused-ring (bicyclic) bond motifs is 3. The van der Waals surface area contributed by atoms with E-state index in [9.17, 15) is 4.79 Å². The lowest BCUT2D eigenvalue weighted by Crippen LogP contribution is -2.19. The van der Waals surface area contributed by atoms with E-state index in [-0.39, 0.29) is 5.91 Å². The lowest BCUT2D eigenvalue weighted by molar-refractivity contribution is -0.121. The fraction of sp³-hybridized carbons (Fsp3) is 0.130. The average molecular weight is 424 g/mol. The van der Waals surface area contributed by atoms with E-state index >= 15 is 0 Å². The Labute approximate surface area is 178 Å². The molecule has 4 nitrogen and oxygen atoms in total. The third kappa shape index (κ3) is 4.29. The Morgan fingerprint density at radius 3 is 2.14 bits per heavy atom. The number of hydrogen-bond donors (Lipinski definition) is 1. The molecule has 1 heterocycles. The molecule has 0 atom stereocenters. The van der Waals surface area contributed by atoms with Crippen molar-refractivity contribution in [1.82, 2.24) is 9.99 Å². The predicted molar refractivity (Wildman–Crippen MR) is 121 cm³/mol. The maximum absolute atomic E-state index is 12.3. The van der Waals surface area contributed by atoms with Crippen LogP contribution < -0.4 is 5.43 Å². The van der Waals surface area contributed by atoms with Crippen LogP contribution in [0.3, 0.4) is 0 Å². The summed E-state index contributed by atoms with van der Waals surface area (Å²) >= 11 is 12.4. The number of carbonyl (C=O) groups is 1. The Bertz CT molecular complexity index is 1170. The summed E-state index contributed by atoms with van der Waals surface area (Å²) in [4.78, 5) is 12.3. The first-order valence-electron chi connectivity index (χ1n) is 9.27. The molecule has 0 aliphatic heterocycles. The summed E-state index contributed by atoms with van der Waals surface area (Å²) in [6, 6.07) is 19.4. The highest BCUT2D eigenvalue weighted by Gasteiger charge is 2.12. The summed E-state index contributed by atoms with van der Waals surface area (Å²) in [6.45, 7) is 2.55. The molecule has 4 aromatic rings. The van der Waals surface area contributed by atoms with Crippen LogP contribution in [0.15, 0.2) is 65.8 Å². The van der Waals surface area contributed by atoms with E-state index in [1.165, 1.54) is 5.56 Å². The Hall–Kier alpha value is -2.82. The fourth-order valence-electron chi connectivity index (χ4n) is 3.39. The number of halogens is 2. The molecule has 0 radical (unpaired) electrons. The molecule has 6 heteroatoms. The number of benzene rings is 3. The van der Waals surface area contributed by atoms with Gasteiger partial charge in [-0.2, -0.15) is 5.10 Å². The second-order valence-corrected chi connectivity index (χ2v) is 7.80. The summed E-state index contributed by atoms with van der Waals surface area (Å²) in [7, 11) is 0. The molecular weight excluding hydrogens is 405 g/mol. The standard InChI is InChI=1S/C23H19Cl2N3O/c1-15-2-4-16(5-3-15)14-26-27-23(29)10-11-28-21-8-6-17(24)12-19(21)20-13-18(25)7-9-22(20)28/h2-9,12-14H,10-11H2,1H3,(H,27,29)/b26-14+. The second-order valence-electron chi connectivity index (χ2n) is 6.93. The second kappa shape index (κ2) is 8.27. The van der Waals surface area contributed by atoms with Crippen molar-refractivity contribution in [3.05, 3.63) is 81.8 Å². The van der Waals surface area contributed by atoms with Gasteiger partial charge in [0, 0.05) is 44.8 Å². The van der Waals surface area contributed by atoms with Crippen LogP contribution in [0.5, 0.6) is 0 Å². The monoisotopic (exact) mass is 423 g/mol. The first-order valence-corrected chi connectivity index (χ1v) is 10.0. The van der Waals surface area contributed by atoms with Gasteiger partial charge in [0.15, 0.2) is 0 Å². The van der Waals surface area contributed by atoms with E-state index in [0.29, 0.717) is 23.0 Å². The molecule has 0 bridgehead atoms. The minimum absolute atomic E-state index is 0.147. The molecule has 0 aliphatic rings. The van der Waals surface area contributed by atoms with Crippen LogP contribution in [0.25, 0.3) is 21.8 Å². The van der Waals surface area contributed by atoms with Crippen molar-refractivity contribution < 1.29 is 4.79 Å². The first kappa shape index (κ1) is 19.5. The van der Waals surface area contributed by atoms with E-state index in [1.807, 2.05) is 67.6 Å². The van der Waals surface area contributed by atoms with Gasteiger partial charge in [0.1, 0.15) is 0 Å². The summed E-state index contributed by atoms with van der Waals surface area (Å²) in [5, 5.41) is 7.43. The van der Waals surface area contributed by atoms with Crippen molar-refractivity contribution >= 4 is 57.1 Å². The number of nitrogens with zero attached hydrogens (tertiary/aromatic N) is 2. The number of nitrogens with one attached hydrogen (secondary N) is 1. The van der Waals surface area contributed by atoms with Gasteiger partial charge in [0.05, 0.1) is 6.21 Å². The number of amides is 1. The molecule has 0 unspecified atom stereocenters. The summed E-state index contributed by atoms with van der Waals surface area (Å²) < 4.78 is 2.11. The maximum atomic E-state index is 12.3. The topological polar surface area (TPSA) is 46.4 Å². The Balaban J connectivity index is 1.51. The molecule has 0 fully saturated rings. The van der Waals surface area contributed by atoms with Crippen LogP contribution in [0, 0.1) is 6.92 Å². The van der Waals surface area contributed by atoms with Gasteiger partial charge >= 0.3 is 0 Å². The third-order valence-electron chi connectivity index (χ3n) is 4.83. The molecular formula is C23H19Cl2N3O. The van der Waals surface area contributed by atoms with Gasteiger partial charge in [-0.3, -0.25) is 4.79 Å². The zero-order chi connectivity index (χ0) is 20.4. The number of rotatable bonds is 5. The molecule has 3 aromatic carbocycles. The SMILES string of the molecule is Cc1ccc(/C=N/NC(=O)CCn2c3ccc(Cl)cc3c3cc(Cl)ccc32)cc1. The molecule has 0 saturated heterocycles. The maximum Gasteiger partial charge on any atom is 0.241 e. The highest BCUT2D eigenvalue weighted by molar-refractivity contribution is 6.33. The zero-order valence-corrected chi connectivity index (χ0v) is 17.3. The molecule has 0 saturated carbocycles. The number of aromatic nitrogens is 1. The molecule has 0 aliphatic carbocycles. The molecule has 29 heavy (non-hydrogen) atoms. The largest absolute Gasteiger partial charge is 0.340 e. The van der Waals surface area contributed by atoms with E-state index < -0.39 is 0 Å². The third-order valence-corrected chi connectivity index (χ3v) is 5.30. The van der Waals surface area contributed by atoms with Crippen LogP contribution in [-0.2, 0) is 11.3 Å². The lowest BCUT2D eigenvalue weighted by Gasteiger charge is -2.07. The zero-order valence-electron chi connectivity index (χ0n) is 15.8. The number of carbonyl (C=O) groups excluding carboxylic acids is 1. The van der Waals surface area contributed by atoms with E-state index in [0.717, 1.165) is 27.4 Å². The van der Waals surface area contributed by atoms with Crippen LogP contribution in [-0.4, -0.2) is 16.7 Å². The van der Waals surface area contributed by atoms with Crippen molar-refractivity contribution in [1.29, 1.82) is 0 Å². The van der Waals surface area contributed by atoms with Crippen molar-refractivity contribution in [2.75, 3.05) is 0 Å². The first-order chi connectivity index (χ1) is 14.0. The molecule has 146 valence electrons.